The van der Waals surface area contributed by atoms with Crippen LogP contribution in [0.25, 0.3) is 0 Å². The van der Waals surface area contributed by atoms with Crippen molar-refractivity contribution >= 4 is 17.5 Å². The Hall–Kier alpha value is -2.96. The fourth-order valence-corrected chi connectivity index (χ4v) is 2.72. The predicted molar refractivity (Wildman–Crippen MR) is 88.1 cm³/mol. The Kier molecular flexibility index (Phi) is 4.16. The van der Waals surface area contributed by atoms with Crippen molar-refractivity contribution in [2.24, 2.45) is 0 Å². The highest BCUT2D eigenvalue weighted by Gasteiger charge is 2.44. The lowest BCUT2D eigenvalue weighted by atomic mass is 9.96. The molecule has 7 nitrogen and oxygen atoms in total. The lowest BCUT2D eigenvalue weighted by molar-refractivity contribution is -0.384. The van der Waals surface area contributed by atoms with Crippen LogP contribution in [0.2, 0.25) is 0 Å². The number of aromatic nitrogens is 1. The molecular formula is C17H17N3O4. The van der Waals surface area contributed by atoms with Crippen LogP contribution in [-0.4, -0.2) is 29.5 Å². The summed E-state index contributed by atoms with van der Waals surface area (Å²) >= 11 is 0. The average Bonchev–Trinajstić information content (AvgIpc) is 3.41. The maximum Gasteiger partial charge on any atom is 0.339 e. The molecule has 1 aromatic heterocycles. The van der Waals surface area contributed by atoms with Crippen molar-refractivity contribution in [1.82, 2.24) is 4.98 Å². The number of pyridine rings is 1. The third kappa shape index (κ3) is 3.05. The number of carbonyl (C=O) groups is 1. The van der Waals surface area contributed by atoms with Gasteiger partial charge in [-0.3, -0.25) is 10.1 Å². The van der Waals surface area contributed by atoms with Crippen LogP contribution < -0.4 is 5.32 Å². The van der Waals surface area contributed by atoms with Crippen molar-refractivity contribution in [1.29, 1.82) is 0 Å². The third-order valence-electron chi connectivity index (χ3n) is 4.32. The molecule has 0 spiro atoms. The van der Waals surface area contributed by atoms with E-state index < -0.39 is 10.9 Å². The molecule has 2 aromatic rings. The number of hydrogen-bond donors (Lipinski definition) is 1. The second kappa shape index (κ2) is 6.27. The van der Waals surface area contributed by atoms with E-state index in [0.717, 1.165) is 12.8 Å². The number of nitrogens with one attached hydrogen (secondary N) is 1. The van der Waals surface area contributed by atoms with Gasteiger partial charge in [-0.05, 0) is 18.4 Å². The second-order valence-electron chi connectivity index (χ2n) is 5.84. The number of esters is 1. The summed E-state index contributed by atoms with van der Waals surface area (Å²) in [7, 11) is 1.22. The van der Waals surface area contributed by atoms with Crippen molar-refractivity contribution in [2.75, 3.05) is 19.0 Å². The number of hydrogen-bond acceptors (Lipinski definition) is 6. The Morgan fingerprint density at radius 2 is 2.08 bits per heavy atom. The van der Waals surface area contributed by atoms with Gasteiger partial charge < -0.3 is 10.1 Å². The van der Waals surface area contributed by atoms with Gasteiger partial charge >= 0.3 is 11.7 Å². The van der Waals surface area contributed by atoms with Gasteiger partial charge in [0.2, 0.25) is 5.82 Å². The summed E-state index contributed by atoms with van der Waals surface area (Å²) in [6.45, 7) is 0.558. The molecule has 0 unspecified atom stereocenters. The quantitative estimate of drug-likeness (QED) is 0.498. The van der Waals surface area contributed by atoms with E-state index in [1.54, 1.807) is 0 Å². The monoisotopic (exact) mass is 327 g/mol. The zero-order chi connectivity index (χ0) is 17.2. The minimum Gasteiger partial charge on any atom is -0.465 e. The van der Waals surface area contributed by atoms with Crippen molar-refractivity contribution in [3.05, 3.63) is 63.8 Å². The van der Waals surface area contributed by atoms with Gasteiger partial charge in [-0.15, -0.1) is 0 Å². The van der Waals surface area contributed by atoms with E-state index in [2.05, 4.69) is 27.2 Å². The number of nitro groups is 1. The lowest BCUT2D eigenvalue weighted by Crippen LogP contribution is -2.20. The SMILES string of the molecule is COC(=O)c1cnc(NCC2(c3ccccc3)CC2)c([N+](=O)[O-])c1. The third-order valence-corrected chi connectivity index (χ3v) is 4.32. The normalized spacial score (nSPS) is 14.7. The summed E-state index contributed by atoms with van der Waals surface area (Å²) in [6, 6.07) is 11.3. The fourth-order valence-electron chi connectivity index (χ4n) is 2.72. The molecule has 3 rings (SSSR count). The molecular weight excluding hydrogens is 310 g/mol. The number of carbonyl (C=O) groups excluding carboxylic acids is 1. The molecule has 0 radical (unpaired) electrons. The van der Waals surface area contributed by atoms with Crippen molar-refractivity contribution in [2.45, 2.75) is 18.3 Å². The van der Waals surface area contributed by atoms with Crippen LogP contribution in [0.15, 0.2) is 42.6 Å². The second-order valence-corrected chi connectivity index (χ2v) is 5.84. The lowest BCUT2D eigenvalue weighted by Gasteiger charge is -2.17. The molecule has 1 heterocycles. The smallest absolute Gasteiger partial charge is 0.339 e. The van der Waals surface area contributed by atoms with Gasteiger partial charge in [-0.2, -0.15) is 0 Å². The standard InChI is InChI=1S/C17H17N3O4/c1-24-16(21)12-9-14(20(22)23)15(18-10-12)19-11-17(7-8-17)13-5-3-2-4-6-13/h2-6,9-10H,7-8,11H2,1H3,(H,18,19). The summed E-state index contributed by atoms with van der Waals surface area (Å²) in [5.74, 6) is -0.491. The van der Waals surface area contributed by atoms with Crippen LogP contribution in [0.3, 0.4) is 0 Å². The zero-order valence-corrected chi connectivity index (χ0v) is 13.2. The van der Waals surface area contributed by atoms with E-state index in [1.807, 2.05) is 18.2 Å². The summed E-state index contributed by atoms with van der Waals surface area (Å²) < 4.78 is 4.57. The molecule has 1 aliphatic rings. The number of methoxy groups -OCH3 is 1. The van der Waals surface area contributed by atoms with Gasteiger partial charge in [0.1, 0.15) is 0 Å². The molecule has 1 fully saturated rings. The minimum atomic E-state index is -0.653. The molecule has 0 aliphatic heterocycles. The van der Waals surface area contributed by atoms with E-state index in [9.17, 15) is 14.9 Å². The predicted octanol–water partition coefficient (Wildman–Crippen LogP) is 2.92. The first-order chi connectivity index (χ1) is 11.6. The van der Waals surface area contributed by atoms with Crippen molar-refractivity contribution in [3.63, 3.8) is 0 Å². The highest BCUT2D eigenvalue weighted by Crippen LogP contribution is 2.48. The highest BCUT2D eigenvalue weighted by molar-refractivity contribution is 5.90. The maximum atomic E-state index is 11.5. The fraction of sp³-hybridized carbons (Fsp3) is 0.294. The number of ether oxygens (including phenoxy) is 1. The summed E-state index contributed by atoms with van der Waals surface area (Å²) in [5, 5.41) is 14.3. The van der Waals surface area contributed by atoms with E-state index >= 15 is 0 Å². The van der Waals surface area contributed by atoms with Crippen LogP contribution in [0.4, 0.5) is 11.5 Å². The van der Waals surface area contributed by atoms with Gasteiger partial charge in [0.05, 0.1) is 17.6 Å². The number of rotatable bonds is 6. The Balaban J connectivity index is 1.80. The molecule has 1 aliphatic carbocycles. The van der Waals surface area contributed by atoms with Crippen LogP contribution in [-0.2, 0) is 10.2 Å². The first kappa shape index (κ1) is 15.9. The van der Waals surface area contributed by atoms with E-state index in [-0.39, 0.29) is 22.5 Å². The number of anilines is 1. The Labute approximate surface area is 138 Å². The zero-order valence-electron chi connectivity index (χ0n) is 13.2. The average molecular weight is 327 g/mol. The minimum absolute atomic E-state index is 0.00215. The van der Waals surface area contributed by atoms with Crippen LogP contribution in [0.5, 0.6) is 0 Å². The maximum absolute atomic E-state index is 11.5. The molecule has 0 saturated heterocycles. The summed E-state index contributed by atoms with van der Waals surface area (Å²) in [5.41, 5.74) is 1.03. The molecule has 124 valence electrons. The molecule has 1 saturated carbocycles. The molecule has 7 heteroatoms. The van der Waals surface area contributed by atoms with Crippen LogP contribution in [0.1, 0.15) is 28.8 Å². The number of benzene rings is 1. The van der Waals surface area contributed by atoms with E-state index in [1.165, 1.54) is 24.9 Å². The van der Waals surface area contributed by atoms with Gasteiger partial charge in [0.25, 0.3) is 0 Å². The molecule has 1 aromatic carbocycles. The first-order valence-electron chi connectivity index (χ1n) is 7.58. The topological polar surface area (TPSA) is 94.4 Å². The van der Waals surface area contributed by atoms with Crippen molar-refractivity contribution < 1.29 is 14.5 Å². The van der Waals surface area contributed by atoms with Gasteiger partial charge in [0, 0.05) is 24.2 Å². The van der Waals surface area contributed by atoms with Crippen LogP contribution >= 0.6 is 0 Å². The molecule has 0 bridgehead atoms. The first-order valence-corrected chi connectivity index (χ1v) is 7.58. The molecule has 0 atom stereocenters. The summed E-state index contributed by atoms with van der Waals surface area (Å²) in [6.07, 6.45) is 3.33. The molecule has 24 heavy (non-hydrogen) atoms. The van der Waals surface area contributed by atoms with Crippen molar-refractivity contribution in [3.8, 4) is 0 Å². The largest absolute Gasteiger partial charge is 0.465 e. The molecule has 0 amide bonds. The van der Waals surface area contributed by atoms with Crippen LogP contribution in [0, 0.1) is 10.1 Å². The molecule has 1 N–H and O–H groups in total. The number of nitrogens with zero attached hydrogens (tertiary/aromatic N) is 2. The summed E-state index contributed by atoms with van der Waals surface area (Å²) in [4.78, 5) is 26.3. The Morgan fingerprint density at radius 3 is 2.67 bits per heavy atom. The highest BCUT2D eigenvalue weighted by atomic mass is 16.6. The Bertz CT molecular complexity index is 773. The Morgan fingerprint density at radius 1 is 1.38 bits per heavy atom. The van der Waals surface area contributed by atoms with E-state index in [0.29, 0.717) is 6.54 Å². The van der Waals surface area contributed by atoms with E-state index in [4.69, 9.17) is 0 Å². The van der Waals surface area contributed by atoms with Gasteiger partial charge in [0.15, 0.2) is 0 Å². The van der Waals surface area contributed by atoms with Gasteiger partial charge in [-0.1, -0.05) is 30.3 Å². The van der Waals surface area contributed by atoms with Gasteiger partial charge in [-0.25, -0.2) is 9.78 Å².